The van der Waals surface area contributed by atoms with Crippen molar-refractivity contribution in [1.29, 1.82) is 0 Å². The minimum absolute atomic E-state index is 0.0211. The van der Waals surface area contributed by atoms with Crippen molar-refractivity contribution in [3.05, 3.63) is 52.0 Å². The molecule has 0 saturated heterocycles. The van der Waals surface area contributed by atoms with Gasteiger partial charge in [0.15, 0.2) is 5.82 Å². The molecule has 0 radical (unpaired) electrons. The maximum Gasteiger partial charge on any atom is 0.342 e. The standard InChI is InChI=1S/C13H15N3O5S/c1-10-5-3-4-6-12(10)22(19,20)21-8-7-15-11(2)14-9-13(15)16(17)18/h3-6,9H,7-8H2,1-2H3. The summed E-state index contributed by atoms with van der Waals surface area (Å²) in [5, 5.41) is 10.8. The Hall–Kier alpha value is -2.26. The summed E-state index contributed by atoms with van der Waals surface area (Å²) in [7, 11) is -3.89. The fraction of sp³-hybridized carbons (Fsp3) is 0.308. The molecular weight excluding hydrogens is 310 g/mol. The lowest BCUT2D eigenvalue weighted by atomic mass is 10.2. The first kappa shape index (κ1) is 16.1. The van der Waals surface area contributed by atoms with Gasteiger partial charge in [-0.1, -0.05) is 18.2 Å². The van der Waals surface area contributed by atoms with Crippen molar-refractivity contribution >= 4 is 15.9 Å². The second kappa shape index (κ2) is 6.24. The van der Waals surface area contributed by atoms with Crippen LogP contribution in [0, 0.1) is 24.0 Å². The molecule has 8 nitrogen and oxygen atoms in total. The van der Waals surface area contributed by atoms with Gasteiger partial charge in [0.25, 0.3) is 10.1 Å². The summed E-state index contributed by atoms with van der Waals surface area (Å²) in [5.74, 6) is 0.220. The van der Waals surface area contributed by atoms with Crippen LogP contribution >= 0.6 is 0 Å². The van der Waals surface area contributed by atoms with Crippen LogP contribution in [-0.2, 0) is 20.8 Å². The molecule has 0 aliphatic carbocycles. The normalized spacial score (nSPS) is 11.5. The first-order chi connectivity index (χ1) is 10.3. The number of nitrogens with zero attached hydrogens (tertiary/aromatic N) is 3. The molecule has 0 saturated carbocycles. The fourth-order valence-corrected chi connectivity index (χ4v) is 3.15. The van der Waals surface area contributed by atoms with Crippen LogP contribution in [0.4, 0.5) is 5.82 Å². The monoisotopic (exact) mass is 325 g/mol. The topological polar surface area (TPSA) is 104 Å². The zero-order valence-electron chi connectivity index (χ0n) is 12.1. The van der Waals surface area contributed by atoms with Crippen molar-refractivity contribution in [2.75, 3.05) is 6.61 Å². The zero-order chi connectivity index (χ0) is 16.3. The maximum absolute atomic E-state index is 12.1. The van der Waals surface area contributed by atoms with Gasteiger partial charge in [-0.3, -0.25) is 4.18 Å². The number of aryl methyl sites for hydroxylation is 2. The van der Waals surface area contributed by atoms with Gasteiger partial charge in [-0.2, -0.15) is 8.42 Å². The van der Waals surface area contributed by atoms with E-state index in [1.54, 1.807) is 32.0 Å². The molecule has 0 aliphatic rings. The van der Waals surface area contributed by atoms with E-state index in [1.807, 2.05) is 0 Å². The molecule has 1 aromatic carbocycles. The van der Waals surface area contributed by atoms with E-state index in [4.69, 9.17) is 4.18 Å². The van der Waals surface area contributed by atoms with Gasteiger partial charge in [0.1, 0.15) is 19.3 Å². The van der Waals surface area contributed by atoms with Crippen molar-refractivity contribution in [2.45, 2.75) is 25.3 Å². The van der Waals surface area contributed by atoms with Gasteiger partial charge in [0.2, 0.25) is 0 Å². The van der Waals surface area contributed by atoms with Crippen LogP contribution in [0.15, 0.2) is 35.4 Å². The predicted molar refractivity (Wildman–Crippen MR) is 77.9 cm³/mol. The maximum atomic E-state index is 12.1. The Morgan fingerprint density at radius 2 is 2.00 bits per heavy atom. The molecule has 0 fully saturated rings. The Balaban J connectivity index is 2.10. The number of rotatable bonds is 6. The highest BCUT2D eigenvalue weighted by molar-refractivity contribution is 7.86. The van der Waals surface area contributed by atoms with Crippen LogP contribution in [0.2, 0.25) is 0 Å². The average molecular weight is 325 g/mol. The van der Waals surface area contributed by atoms with Crippen molar-refractivity contribution in [2.24, 2.45) is 0 Å². The van der Waals surface area contributed by atoms with Crippen LogP contribution in [0.3, 0.4) is 0 Å². The first-order valence-electron chi connectivity index (χ1n) is 6.44. The molecule has 0 unspecified atom stereocenters. The molecule has 0 amide bonds. The molecule has 2 rings (SSSR count). The third-order valence-corrected chi connectivity index (χ3v) is 4.61. The molecule has 9 heteroatoms. The van der Waals surface area contributed by atoms with Gasteiger partial charge in [0, 0.05) is 6.92 Å². The summed E-state index contributed by atoms with van der Waals surface area (Å²) in [4.78, 5) is 14.2. The minimum Gasteiger partial charge on any atom is -0.358 e. The summed E-state index contributed by atoms with van der Waals surface area (Å²) in [5.41, 5.74) is 0.576. The third-order valence-electron chi connectivity index (χ3n) is 3.14. The number of imidazole rings is 1. The van der Waals surface area contributed by atoms with E-state index in [0.29, 0.717) is 11.4 Å². The highest BCUT2D eigenvalue weighted by atomic mass is 32.2. The average Bonchev–Trinajstić information content (AvgIpc) is 2.80. The van der Waals surface area contributed by atoms with Crippen LogP contribution in [0.25, 0.3) is 0 Å². The van der Waals surface area contributed by atoms with E-state index < -0.39 is 15.0 Å². The molecular formula is C13H15N3O5S. The van der Waals surface area contributed by atoms with Crippen LogP contribution in [0.1, 0.15) is 11.4 Å². The van der Waals surface area contributed by atoms with Gasteiger partial charge in [0.05, 0.1) is 4.90 Å². The van der Waals surface area contributed by atoms with E-state index in [0.717, 1.165) is 6.20 Å². The van der Waals surface area contributed by atoms with E-state index in [9.17, 15) is 18.5 Å². The highest BCUT2D eigenvalue weighted by Gasteiger charge is 2.20. The molecule has 0 N–H and O–H groups in total. The number of aromatic nitrogens is 2. The number of hydrogen-bond acceptors (Lipinski definition) is 6. The number of benzene rings is 1. The highest BCUT2D eigenvalue weighted by Crippen LogP contribution is 2.18. The summed E-state index contributed by atoms with van der Waals surface area (Å²) in [6, 6.07) is 6.46. The van der Waals surface area contributed by atoms with Crippen LogP contribution in [-0.4, -0.2) is 29.5 Å². The summed E-state index contributed by atoms with van der Waals surface area (Å²) >= 11 is 0. The lowest BCUT2D eigenvalue weighted by Gasteiger charge is -2.08. The van der Waals surface area contributed by atoms with Gasteiger partial charge in [-0.25, -0.2) is 9.55 Å². The van der Waals surface area contributed by atoms with Gasteiger partial charge in [-0.15, -0.1) is 0 Å². The Morgan fingerprint density at radius 3 is 2.64 bits per heavy atom. The van der Waals surface area contributed by atoms with E-state index in [-0.39, 0.29) is 23.9 Å². The van der Waals surface area contributed by atoms with Gasteiger partial charge < -0.3 is 10.1 Å². The van der Waals surface area contributed by atoms with Crippen molar-refractivity contribution in [1.82, 2.24) is 9.55 Å². The summed E-state index contributed by atoms with van der Waals surface area (Å²) in [6.07, 6.45) is 1.13. The minimum atomic E-state index is -3.89. The number of hydrogen-bond donors (Lipinski definition) is 0. The predicted octanol–water partition coefficient (Wildman–Crippen LogP) is 1.81. The Kier molecular flexibility index (Phi) is 4.57. The molecule has 0 bridgehead atoms. The van der Waals surface area contributed by atoms with E-state index in [2.05, 4.69) is 4.98 Å². The van der Waals surface area contributed by atoms with Crippen molar-refractivity contribution < 1.29 is 17.5 Å². The lowest BCUT2D eigenvalue weighted by molar-refractivity contribution is -0.392. The SMILES string of the molecule is Cc1ccccc1S(=O)(=O)OCCn1c([N+](=O)[O-])cnc1C. The van der Waals surface area contributed by atoms with Gasteiger partial charge in [-0.05, 0) is 23.5 Å². The summed E-state index contributed by atoms with van der Waals surface area (Å²) < 4.78 is 30.5. The molecule has 0 aliphatic heterocycles. The quantitative estimate of drug-likeness (QED) is 0.456. The second-order valence-electron chi connectivity index (χ2n) is 4.61. The molecule has 0 spiro atoms. The van der Waals surface area contributed by atoms with Crippen LogP contribution in [0.5, 0.6) is 0 Å². The summed E-state index contributed by atoms with van der Waals surface area (Å²) in [6.45, 7) is 3.08. The zero-order valence-corrected chi connectivity index (χ0v) is 12.9. The smallest absolute Gasteiger partial charge is 0.342 e. The second-order valence-corrected chi connectivity index (χ2v) is 6.20. The van der Waals surface area contributed by atoms with E-state index >= 15 is 0 Å². The van der Waals surface area contributed by atoms with Crippen molar-refractivity contribution in [3.8, 4) is 0 Å². The third kappa shape index (κ3) is 3.31. The first-order valence-corrected chi connectivity index (χ1v) is 7.85. The lowest BCUT2D eigenvalue weighted by Crippen LogP contribution is -2.14. The molecule has 22 heavy (non-hydrogen) atoms. The van der Waals surface area contributed by atoms with Crippen molar-refractivity contribution in [3.63, 3.8) is 0 Å². The molecule has 1 aromatic heterocycles. The molecule has 2 aromatic rings. The Morgan fingerprint density at radius 1 is 1.32 bits per heavy atom. The Labute approximate surface area is 127 Å². The van der Waals surface area contributed by atoms with E-state index in [1.165, 1.54) is 10.6 Å². The largest absolute Gasteiger partial charge is 0.358 e. The fourth-order valence-electron chi connectivity index (χ4n) is 2.02. The molecule has 0 atom stereocenters. The Bertz CT molecular complexity index is 798. The molecule has 118 valence electrons. The van der Waals surface area contributed by atoms with Gasteiger partial charge >= 0.3 is 5.82 Å². The number of nitro groups is 1. The van der Waals surface area contributed by atoms with Crippen LogP contribution < -0.4 is 0 Å². The molecule has 1 heterocycles.